The van der Waals surface area contributed by atoms with Crippen molar-refractivity contribution >= 4 is 10.8 Å². The minimum Gasteiger partial charge on any atom is -1.00 e. The fraction of sp³-hybridized carbons (Fsp3) is 0.125. The molecule has 1 aliphatic carbocycles. The van der Waals surface area contributed by atoms with Crippen LogP contribution in [0.3, 0.4) is 0 Å². The molecule has 94 valence electrons. The smallest absolute Gasteiger partial charge is 0.223 e. The van der Waals surface area contributed by atoms with Gasteiger partial charge in [0, 0.05) is 17.3 Å². The first-order valence-electron chi connectivity index (χ1n) is 6.15. The van der Waals surface area contributed by atoms with Crippen LogP contribution in [-0.2, 0) is 7.05 Å². The number of rotatable bonds is 0. The highest BCUT2D eigenvalue weighted by Crippen LogP contribution is 2.43. The van der Waals surface area contributed by atoms with Gasteiger partial charge in [0.2, 0.25) is 5.69 Å². The van der Waals surface area contributed by atoms with Crippen LogP contribution in [0.25, 0.3) is 33.3 Å². The monoisotopic (exact) mass is 360 g/mol. The van der Waals surface area contributed by atoms with Crippen LogP contribution in [-0.4, -0.2) is 4.98 Å². The summed E-state index contributed by atoms with van der Waals surface area (Å²) in [7, 11) is 2.10. The molecule has 3 aromatic rings. The van der Waals surface area contributed by atoms with Gasteiger partial charge in [-0.3, -0.25) is 4.98 Å². The minimum absolute atomic E-state index is 0. The summed E-state index contributed by atoms with van der Waals surface area (Å²) in [6, 6.07) is 12.9. The van der Waals surface area contributed by atoms with Crippen LogP contribution < -0.4 is 28.5 Å². The molecule has 0 bridgehead atoms. The second-order valence-corrected chi connectivity index (χ2v) is 4.90. The average Bonchev–Trinajstić information content (AvgIpc) is 2.70. The lowest BCUT2D eigenvalue weighted by Crippen LogP contribution is -3.00. The first kappa shape index (κ1) is 12.5. The number of halogens is 1. The zero-order chi connectivity index (χ0) is 12.3. The van der Waals surface area contributed by atoms with Crippen LogP contribution >= 0.6 is 0 Å². The summed E-state index contributed by atoms with van der Waals surface area (Å²) in [6.45, 7) is 2.06. The molecule has 0 atom stereocenters. The minimum atomic E-state index is 0. The maximum atomic E-state index is 4.74. The molecule has 0 aliphatic heterocycles. The lowest BCUT2D eigenvalue weighted by atomic mass is 10.1. The quantitative estimate of drug-likeness (QED) is 0.319. The van der Waals surface area contributed by atoms with Gasteiger partial charge in [0.05, 0.1) is 16.6 Å². The van der Waals surface area contributed by atoms with Gasteiger partial charge in [0.1, 0.15) is 7.05 Å². The third kappa shape index (κ3) is 1.61. The molecule has 0 radical (unpaired) electrons. The third-order valence-corrected chi connectivity index (χ3v) is 3.68. The van der Waals surface area contributed by atoms with E-state index < -0.39 is 0 Å². The third-order valence-electron chi connectivity index (χ3n) is 3.68. The fourth-order valence-corrected chi connectivity index (χ4v) is 2.94. The Morgan fingerprint density at radius 3 is 2.58 bits per heavy atom. The molecule has 2 nitrogen and oxygen atoms in total. The number of hydrogen-bond donors (Lipinski definition) is 0. The molecule has 0 spiro atoms. The normalized spacial score (nSPS) is 11.3. The molecule has 19 heavy (non-hydrogen) atoms. The first-order valence-corrected chi connectivity index (χ1v) is 6.15. The van der Waals surface area contributed by atoms with E-state index in [0.717, 1.165) is 11.4 Å². The molecular weight excluding hydrogens is 347 g/mol. The van der Waals surface area contributed by atoms with Gasteiger partial charge in [-0.2, -0.15) is 0 Å². The number of fused-ring (bicyclic) bond motifs is 3. The van der Waals surface area contributed by atoms with Crippen LogP contribution in [0.15, 0.2) is 42.6 Å². The summed E-state index contributed by atoms with van der Waals surface area (Å²) < 4.78 is 2.19. The molecule has 1 aliphatic rings. The standard InChI is InChI=1S/C16H13N2.HI/c1-10-9-11-7-8-18(2)16-13-6-4-3-5-12(13)15(17-10)14(11)16;/h3-9H,1-2H3;1H/q+1;/p-1. The number of aryl methyl sites for hydroxylation is 2. The Bertz CT molecular complexity index is 809. The van der Waals surface area contributed by atoms with Crippen molar-refractivity contribution < 1.29 is 28.5 Å². The SMILES string of the molecule is Cc1cc2cc[n+](C)c3c2c(n1)-c1ccccc1-3.[I-]. The van der Waals surface area contributed by atoms with Gasteiger partial charge in [0.25, 0.3) is 0 Å². The number of pyridine rings is 2. The van der Waals surface area contributed by atoms with Crippen molar-refractivity contribution in [3.63, 3.8) is 0 Å². The van der Waals surface area contributed by atoms with Crippen LogP contribution in [0.4, 0.5) is 0 Å². The van der Waals surface area contributed by atoms with E-state index in [4.69, 9.17) is 4.98 Å². The molecule has 2 heterocycles. The van der Waals surface area contributed by atoms with Crippen LogP contribution in [0.1, 0.15) is 5.69 Å². The van der Waals surface area contributed by atoms with Crippen molar-refractivity contribution in [3.05, 3.63) is 48.3 Å². The first-order chi connectivity index (χ1) is 8.75. The zero-order valence-corrected chi connectivity index (χ0v) is 13.0. The Morgan fingerprint density at radius 1 is 1.05 bits per heavy atom. The molecule has 0 amide bonds. The van der Waals surface area contributed by atoms with Crippen LogP contribution in [0.2, 0.25) is 0 Å². The van der Waals surface area contributed by atoms with Crippen molar-refractivity contribution in [1.29, 1.82) is 0 Å². The number of benzene rings is 1. The molecule has 3 heteroatoms. The Balaban J connectivity index is 0.00000110. The van der Waals surface area contributed by atoms with Gasteiger partial charge in [-0.05, 0) is 24.4 Å². The maximum absolute atomic E-state index is 4.74. The second-order valence-electron chi connectivity index (χ2n) is 4.90. The Hall–Kier alpha value is -1.49. The maximum Gasteiger partial charge on any atom is 0.223 e. The largest absolute Gasteiger partial charge is 1.00 e. The van der Waals surface area contributed by atoms with Gasteiger partial charge >= 0.3 is 0 Å². The van der Waals surface area contributed by atoms with Gasteiger partial charge in [-0.15, -0.1) is 0 Å². The van der Waals surface area contributed by atoms with E-state index >= 15 is 0 Å². The van der Waals surface area contributed by atoms with E-state index in [1.165, 1.54) is 27.6 Å². The van der Waals surface area contributed by atoms with Crippen molar-refractivity contribution in [1.82, 2.24) is 4.98 Å². The van der Waals surface area contributed by atoms with Crippen molar-refractivity contribution in [2.24, 2.45) is 7.05 Å². The summed E-state index contributed by atoms with van der Waals surface area (Å²) in [4.78, 5) is 4.74. The Morgan fingerprint density at radius 2 is 1.79 bits per heavy atom. The predicted molar refractivity (Wildman–Crippen MR) is 72.1 cm³/mol. The molecule has 2 aromatic heterocycles. The average molecular weight is 360 g/mol. The lowest BCUT2D eigenvalue weighted by molar-refractivity contribution is -0.659. The van der Waals surface area contributed by atoms with E-state index in [1.54, 1.807) is 0 Å². The fourth-order valence-electron chi connectivity index (χ4n) is 2.94. The van der Waals surface area contributed by atoms with Gasteiger partial charge in [-0.1, -0.05) is 18.2 Å². The highest BCUT2D eigenvalue weighted by Gasteiger charge is 2.29. The van der Waals surface area contributed by atoms with Gasteiger partial charge < -0.3 is 24.0 Å². The molecule has 0 unspecified atom stereocenters. The van der Waals surface area contributed by atoms with E-state index in [1.807, 2.05) is 0 Å². The summed E-state index contributed by atoms with van der Waals surface area (Å²) in [5, 5.41) is 2.56. The van der Waals surface area contributed by atoms with Crippen LogP contribution in [0, 0.1) is 6.92 Å². The highest BCUT2D eigenvalue weighted by molar-refractivity contribution is 6.11. The van der Waals surface area contributed by atoms with Gasteiger partial charge in [0.15, 0.2) is 6.20 Å². The number of hydrogen-bond acceptors (Lipinski definition) is 1. The second kappa shape index (κ2) is 4.27. The number of nitrogens with zero attached hydrogens (tertiary/aromatic N) is 2. The highest BCUT2D eigenvalue weighted by atomic mass is 127. The summed E-state index contributed by atoms with van der Waals surface area (Å²) >= 11 is 0. The van der Waals surface area contributed by atoms with E-state index in [0.29, 0.717) is 0 Å². The van der Waals surface area contributed by atoms with Gasteiger partial charge in [-0.25, -0.2) is 4.57 Å². The lowest BCUT2D eigenvalue weighted by Gasteiger charge is -2.01. The Kier molecular flexibility index (Phi) is 2.82. The summed E-state index contributed by atoms with van der Waals surface area (Å²) in [6.07, 6.45) is 2.13. The van der Waals surface area contributed by atoms with E-state index in [2.05, 4.69) is 61.1 Å². The van der Waals surface area contributed by atoms with Crippen molar-refractivity contribution in [2.45, 2.75) is 6.92 Å². The zero-order valence-electron chi connectivity index (χ0n) is 10.8. The van der Waals surface area contributed by atoms with Crippen molar-refractivity contribution in [3.8, 4) is 22.5 Å². The molecule has 0 saturated carbocycles. The number of aromatic nitrogens is 2. The predicted octanol–water partition coefficient (Wildman–Crippen LogP) is 0.0191. The summed E-state index contributed by atoms with van der Waals surface area (Å²) in [5.41, 5.74) is 6.04. The molecule has 0 N–H and O–H groups in total. The molecule has 0 saturated heterocycles. The topological polar surface area (TPSA) is 16.8 Å². The molecule has 0 fully saturated rings. The van der Waals surface area contributed by atoms with E-state index in [9.17, 15) is 0 Å². The van der Waals surface area contributed by atoms with Crippen molar-refractivity contribution in [2.75, 3.05) is 0 Å². The molecule has 4 rings (SSSR count). The van der Waals surface area contributed by atoms with E-state index in [-0.39, 0.29) is 24.0 Å². The van der Waals surface area contributed by atoms with Crippen LogP contribution in [0.5, 0.6) is 0 Å². The Labute approximate surface area is 129 Å². The molecular formula is C16H13IN2. The summed E-state index contributed by atoms with van der Waals surface area (Å²) in [5.74, 6) is 0. The molecule has 1 aromatic carbocycles.